The SMILES string of the molecule is C[C@@H](NC(=O)COc1cccc(F)c1)c1ccc(-n2cncn2)cc1. The lowest BCUT2D eigenvalue weighted by molar-refractivity contribution is -0.123. The van der Waals surface area contributed by atoms with Crippen LogP contribution in [0.25, 0.3) is 5.69 Å². The number of rotatable bonds is 6. The Morgan fingerprint density at radius 3 is 2.76 bits per heavy atom. The monoisotopic (exact) mass is 340 g/mol. The Hall–Kier alpha value is -3.22. The van der Waals surface area contributed by atoms with E-state index in [2.05, 4.69) is 15.4 Å². The first-order valence-corrected chi connectivity index (χ1v) is 7.74. The Kier molecular flexibility index (Phi) is 5.03. The third-order valence-corrected chi connectivity index (χ3v) is 3.62. The summed E-state index contributed by atoms with van der Waals surface area (Å²) in [5.74, 6) is -0.365. The van der Waals surface area contributed by atoms with Crippen molar-refractivity contribution in [3.8, 4) is 11.4 Å². The van der Waals surface area contributed by atoms with Gasteiger partial charge in [0.1, 0.15) is 24.2 Å². The van der Waals surface area contributed by atoms with E-state index in [1.54, 1.807) is 17.1 Å². The van der Waals surface area contributed by atoms with Gasteiger partial charge in [-0.05, 0) is 36.8 Å². The van der Waals surface area contributed by atoms with Crippen LogP contribution in [0.4, 0.5) is 4.39 Å². The first-order chi connectivity index (χ1) is 12.1. The summed E-state index contributed by atoms with van der Waals surface area (Å²) < 4.78 is 20.0. The molecule has 0 radical (unpaired) electrons. The van der Waals surface area contributed by atoms with Crippen molar-refractivity contribution in [3.63, 3.8) is 0 Å². The molecule has 0 aliphatic rings. The average Bonchev–Trinajstić information content (AvgIpc) is 3.15. The number of hydrogen-bond acceptors (Lipinski definition) is 4. The zero-order valence-electron chi connectivity index (χ0n) is 13.6. The van der Waals surface area contributed by atoms with Crippen LogP contribution in [-0.2, 0) is 4.79 Å². The van der Waals surface area contributed by atoms with Crippen LogP contribution in [0.2, 0.25) is 0 Å². The van der Waals surface area contributed by atoms with Gasteiger partial charge in [0.2, 0.25) is 0 Å². The molecule has 0 saturated carbocycles. The number of carbonyl (C=O) groups excluding carboxylic acids is 1. The quantitative estimate of drug-likeness (QED) is 0.749. The zero-order valence-corrected chi connectivity index (χ0v) is 13.6. The smallest absolute Gasteiger partial charge is 0.258 e. The summed E-state index contributed by atoms with van der Waals surface area (Å²) >= 11 is 0. The molecule has 3 aromatic rings. The van der Waals surface area contributed by atoms with Crippen molar-refractivity contribution in [2.24, 2.45) is 0 Å². The van der Waals surface area contributed by atoms with Crippen LogP contribution in [0.3, 0.4) is 0 Å². The molecule has 0 unspecified atom stereocenters. The normalized spacial score (nSPS) is 11.8. The molecule has 0 spiro atoms. The topological polar surface area (TPSA) is 69.0 Å². The van der Waals surface area contributed by atoms with Crippen LogP contribution in [0.1, 0.15) is 18.5 Å². The number of halogens is 1. The molecule has 7 heteroatoms. The van der Waals surface area contributed by atoms with Gasteiger partial charge >= 0.3 is 0 Å². The van der Waals surface area contributed by atoms with Crippen LogP contribution in [-0.4, -0.2) is 27.3 Å². The van der Waals surface area contributed by atoms with Crippen LogP contribution >= 0.6 is 0 Å². The number of ether oxygens (including phenoxy) is 1. The summed E-state index contributed by atoms with van der Waals surface area (Å²) in [4.78, 5) is 15.9. The van der Waals surface area contributed by atoms with Gasteiger partial charge in [-0.1, -0.05) is 18.2 Å². The fourth-order valence-electron chi connectivity index (χ4n) is 2.33. The predicted molar refractivity (Wildman–Crippen MR) is 89.8 cm³/mol. The highest BCUT2D eigenvalue weighted by Gasteiger charge is 2.11. The molecule has 1 aromatic heterocycles. The predicted octanol–water partition coefficient (Wildman–Crippen LogP) is 2.66. The molecule has 128 valence electrons. The number of amides is 1. The number of carbonyl (C=O) groups is 1. The van der Waals surface area contributed by atoms with Gasteiger partial charge in [-0.3, -0.25) is 4.79 Å². The number of hydrogen-bond donors (Lipinski definition) is 1. The molecule has 3 rings (SSSR count). The van der Waals surface area contributed by atoms with Crippen molar-refractivity contribution in [1.29, 1.82) is 0 Å². The third-order valence-electron chi connectivity index (χ3n) is 3.62. The van der Waals surface area contributed by atoms with Crippen LogP contribution in [0.15, 0.2) is 61.2 Å². The lowest BCUT2D eigenvalue weighted by atomic mass is 10.1. The fourth-order valence-corrected chi connectivity index (χ4v) is 2.33. The molecule has 1 amide bonds. The minimum absolute atomic E-state index is 0.176. The second kappa shape index (κ2) is 7.57. The van der Waals surface area contributed by atoms with Crippen molar-refractivity contribution >= 4 is 5.91 Å². The maximum Gasteiger partial charge on any atom is 0.258 e. The van der Waals surface area contributed by atoms with Gasteiger partial charge in [0.15, 0.2) is 6.61 Å². The summed E-state index contributed by atoms with van der Waals surface area (Å²) in [6, 6.07) is 13.1. The van der Waals surface area contributed by atoms with Gasteiger partial charge in [0, 0.05) is 6.07 Å². The molecular weight excluding hydrogens is 323 g/mol. The van der Waals surface area contributed by atoms with Crippen molar-refractivity contribution in [1.82, 2.24) is 20.1 Å². The highest BCUT2D eigenvalue weighted by Crippen LogP contribution is 2.15. The van der Waals surface area contributed by atoms with Crippen LogP contribution in [0, 0.1) is 5.82 Å². The van der Waals surface area contributed by atoms with Gasteiger partial charge in [-0.2, -0.15) is 5.10 Å². The molecule has 0 aliphatic carbocycles. The van der Waals surface area contributed by atoms with E-state index >= 15 is 0 Å². The standard InChI is InChI=1S/C18H17FN4O2/c1-13(14-5-7-16(8-6-14)23-12-20-11-21-23)22-18(24)10-25-17-4-2-3-15(19)9-17/h2-9,11-13H,10H2,1H3,(H,22,24)/t13-/m1/s1. The van der Waals surface area contributed by atoms with E-state index in [0.717, 1.165) is 11.3 Å². The molecular formula is C18H17FN4O2. The van der Waals surface area contributed by atoms with Crippen LogP contribution in [0.5, 0.6) is 5.75 Å². The number of nitrogens with one attached hydrogen (secondary N) is 1. The van der Waals surface area contributed by atoms with E-state index in [4.69, 9.17) is 4.74 Å². The van der Waals surface area contributed by atoms with Gasteiger partial charge in [-0.25, -0.2) is 14.1 Å². The zero-order chi connectivity index (χ0) is 17.6. The number of aromatic nitrogens is 3. The number of nitrogens with zero attached hydrogens (tertiary/aromatic N) is 3. The molecule has 25 heavy (non-hydrogen) atoms. The fraction of sp³-hybridized carbons (Fsp3) is 0.167. The van der Waals surface area contributed by atoms with Gasteiger partial charge in [0.25, 0.3) is 5.91 Å². The molecule has 0 aliphatic heterocycles. The second-order valence-corrected chi connectivity index (χ2v) is 5.47. The highest BCUT2D eigenvalue weighted by atomic mass is 19.1. The molecule has 1 N–H and O–H groups in total. The Morgan fingerprint density at radius 2 is 2.08 bits per heavy atom. The molecule has 0 bridgehead atoms. The van der Waals surface area contributed by atoms with Crippen LogP contribution < -0.4 is 10.1 Å². The van der Waals surface area contributed by atoms with Crippen molar-refractivity contribution in [3.05, 3.63) is 72.6 Å². The Labute approximate surface area is 144 Å². The first kappa shape index (κ1) is 16.6. The third kappa shape index (κ3) is 4.41. The van der Waals surface area contributed by atoms with Gasteiger partial charge in [0.05, 0.1) is 11.7 Å². The minimum atomic E-state index is -0.404. The summed E-state index contributed by atoms with van der Waals surface area (Å²) in [6.45, 7) is 1.70. The lowest BCUT2D eigenvalue weighted by Crippen LogP contribution is -2.31. The maximum absolute atomic E-state index is 13.1. The second-order valence-electron chi connectivity index (χ2n) is 5.47. The van der Waals surface area contributed by atoms with Crippen molar-refractivity contribution in [2.45, 2.75) is 13.0 Å². The molecule has 0 fully saturated rings. The van der Waals surface area contributed by atoms with E-state index in [1.807, 2.05) is 31.2 Å². The average molecular weight is 340 g/mol. The first-order valence-electron chi connectivity index (χ1n) is 7.74. The summed E-state index contributed by atoms with van der Waals surface area (Å²) in [5.41, 5.74) is 1.83. The van der Waals surface area contributed by atoms with E-state index in [9.17, 15) is 9.18 Å². The number of benzene rings is 2. The Bertz CT molecular complexity index is 835. The molecule has 6 nitrogen and oxygen atoms in total. The lowest BCUT2D eigenvalue weighted by Gasteiger charge is -2.15. The Balaban J connectivity index is 1.54. The van der Waals surface area contributed by atoms with E-state index in [1.165, 1.54) is 24.5 Å². The van der Waals surface area contributed by atoms with Crippen molar-refractivity contribution in [2.75, 3.05) is 6.61 Å². The van der Waals surface area contributed by atoms with E-state index in [-0.39, 0.29) is 18.6 Å². The summed E-state index contributed by atoms with van der Waals surface area (Å²) in [7, 11) is 0. The Morgan fingerprint density at radius 1 is 1.28 bits per heavy atom. The molecule has 1 heterocycles. The minimum Gasteiger partial charge on any atom is -0.484 e. The molecule has 0 saturated heterocycles. The molecule has 1 atom stereocenters. The maximum atomic E-state index is 13.1. The van der Waals surface area contributed by atoms with E-state index < -0.39 is 5.82 Å². The highest BCUT2D eigenvalue weighted by molar-refractivity contribution is 5.78. The van der Waals surface area contributed by atoms with Gasteiger partial charge < -0.3 is 10.1 Å². The van der Waals surface area contributed by atoms with E-state index in [0.29, 0.717) is 5.75 Å². The largest absolute Gasteiger partial charge is 0.484 e. The summed E-state index contributed by atoms with van der Waals surface area (Å²) in [6.07, 6.45) is 3.08. The van der Waals surface area contributed by atoms with Gasteiger partial charge in [-0.15, -0.1) is 0 Å². The van der Waals surface area contributed by atoms with Crippen molar-refractivity contribution < 1.29 is 13.9 Å². The summed E-state index contributed by atoms with van der Waals surface area (Å²) in [5, 5.41) is 6.90. The molecule has 2 aromatic carbocycles.